The number of ether oxygens (including phenoxy) is 1. The highest BCUT2D eigenvalue weighted by Crippen LogP contribution is 2.28. The molecule has 7 heteroatoms. The number of nitrogens with zero attached hydrogens (tertiary/aromatic N) is 3. The van der Waals surface area contributed by atoms with Crippen LogP contribution < -0.4 is 10.6 Å². The Kier molecular flexibility index (Phi) is 3.04. The van der Waals surface area contributed by atoms with Crippen LogP contribution in [0.2, 0.25) is 0 Å². The van der Waals surface area contributed by atoms with Crippen molar-refractivity contribution >= 4 is 11.6 Å². The van der Waals surface area contributed by atoms with Crippen LogP contribution in [0.3, 0.4) is 0 Å². The molecule has 1 aliphatic heterocycles. The second-order valence-electron chi connectivity index (χ2n) is 4.20. The van der Waals surface area contributed by atoms with E-state index in [2.05, 4.69) is 10.1 Å². The van der Waals surface area contributed by atoms with Crippen LogP contribution in [-0.2, 0) is 4.74 Å². The molecule has 0 amide bonds. The first kappa shape index (κ1) is 11.9. The van der Waals surface area contributed by atoms with E-state index in [0.717, 1.165) is 0 Å². The Balaban J connectivity index is 1.92. The van der Waals surface area contributed by atoms with Gasteiger partial charge in [0.05, 0.1) is 18.8 Å². The predicted molar refractivity (Wildman–Crippen MR) is 67.1 cm³/mol. The van der Waals surface area contributed by atoms with Gasteiger partial charge in [0, 0.05) is 18.8 Å². The number of morpholine rings is 1. The third-order valence-electron chi connectivity index (χ3n) is 2.97. The van der Waals surface area contributed by atoms with Gasteiger partial charge in [-0.25, -0.2) is 4.39 Å². The Morgan fingerprint density at radius 3 is 2.79 bits per heavy atom. The van der Waals surface area contributed by atoms with E-state index in [1.54, 1.807) is 6.07 Å². The van der Waals surface area contributed by atoms with Crippen molar-refractivity contribution in [3.63, 3.8) is 0 Å². The summed E-state index contributed by atoms with van der Waals surface area (Å²) in [5.41, 5.74) is 6.16. The van der Waals surface area contributed by atoms with Gasteiger partial charge in [-0.15, -0.1) is 0 Å². The predicted octanol–water partition coefficient (Wildman–Crippen LogP) is 1.29. The van der Waals surface area contributed by atoms with Crippen molar-refractivity contribution in [3.05, 3.63) is 24.0 Å². The molecule has 100 valence electrons. The minimum atomic E-state index is -0.475. The molecule has 1 aromatic heterocycles. The molecule has 0 unspecified atom stereocenters. The molecule has 0 spiro atoms. The van der Waals surface area contributed by atoms with Crippen molar-refractivity contribution in [2.75, 3.05) is 36.9 Å². The Hall–Kier alpha value is -2.15. The van der Waals surface area contributed by atoms with Crippen LogP contribution in [0.4, 0.5) is 16.0 Å². The fraction of sp³-hybridized carbons (Fsp3) is 0.333. The molecule has 1 fully saturated rings. The maximum absolute atomic E-state index is 13.7. The molecule has 0 radical (unpaired) electrons. The number of hydrogen-bond acceptors (Lipinski definition) is 6. The molecule has 1 aliphatic rings. The Morgan fingerprint density at radius 2 is 2.05 bits per heavy atom. The third kappa shape index (κ3) is 2.24. The van der Waals surface area contributed by atoms with Gasteiger partial charge in [-0.3, -0.25) is 0 Å². The second-order valence-corrected chi connectivity index (χ2v) is 4.20. The van der Waals surface area contributed by atoms with E-state index < -0.39 is 5.82 Å². The number of nitrogens with two attached hydrogens (primary N) is 1. The van der Waals surface area contributed by atoms with E-state index in [0.29, 0.717) is 32.3 Å². The molecule has 0 atom stereocenters. The lowest BCUT2D eigenvalue weighted by atomic mass is 10.1. The number of hydrogen-bond donors (Lipinski definition) is 1. The zero-order valence-corrected chi connectivity index (χ0v) is 10.2. The molecule has 2 N–H and O–H groups in total. The number of benzene rings is 1. The summed E-state index contributed by atoms with van der Waals surface area (Å²) in [6.07, 6.45) is 0. The standard InChI is InChI=1S/C12H13FN4O2/c13-8-2-1-3-9(14)10(8)11-15-12(16-19-11)17-4-6-18-7-5-17/h1-3H,4-7,14H2. The number of aromatic nitrogens is 2. The number of nitrogen functional groups attached to an aromatic ring is 1. The van der Waals surface area contributed by atoms with Gasteiger partial charge < -0.3 is 19.9 Å². The zero-order chi connectivity index (χ0) is 13.2. The van der Waals surface area contributed by atoms with E-state index in [-0.39, 0.29) is 17.1 Å². The van der Waals surface area contributed by atoms with Crippen LogP contribution in [-0.4, -0.2) is 36.4 Å². The average molecular weight is 264 g/mol. The highest BCUT2D eigenvalue weighted by Gasteiger charge is 2.20. The monoisotopic (exact) mass is 264 g/mol. The average Bonchev–Trinajstić information content (AvgIpc) is 2.89. The summed E-state index contributed by atoms with van der Waals surface area (Å²) in [7, 11) is 0. The van der Waals surface area contributed by atoms with Crippen molar-refractivity contribution in [3.8, 4) is 11.5 Å². The molecular formula is C12H13FN4O2. The minimum absolute atomic E-state index is 0.0945. The van der Waals surface area contributed by atoms with E-state index >= 15 is 0 Å². The Labute approximate surface area is 109 Å². The summed E-state index contributed by atoms with van der Waals surface area (Å²) < 4.78 is 24.1. The number of rotatable bonds is 2. The highest BCUT2D eigenvalue weighted by molar-refractivity contribution is 5.71. The molecule has 2 heterocycles. The van der Waals surface area contributed by atoms with Crippen molar-refractivity contribution < 1.29 is 13.7 Å². The molecule has 2 aromatic rings. The molecule has 1 aromatic carbocycles. The SMILES string of the molecule is Nc1cccc(F)c1-c1nc(N2CCOCC2)no1. The normalized spacial score (nSPS) is 15.7. The van der Waals surface area contributed by atoms with Crippen LogP contribution >= 0.6 is 0 Å². The van der Waals surface area contributed by atoms with Crippen molar-refractivity contribution in [1.29, 1.82) is 0 Å². The molecule has 0 aliphatic carbocycles. The first-order valence-corrected chi connectivity index (χ1v) is 5.96. The summed E-state index contributed by atoms with van der Waals surface area (Å²) in [5.74, 6) is 0.0511. The van der Waals surface area contributed by atoms with Gasteiger partial charge >= 0.3 is 0 Å². The summed E-state index contributed by atoms with van der Waals surface area (Å²) in [4.78, 5) is 6.12. The highest BCUT2D eigenvalue weighted by atomic mass is 19.1. The van der Waals surface area contributed by atoms with Crippen molar-refractivity contribution in [2.24, 2.45) is 0 Å². The molecule has 0 saturated carbocycles. The lowest BCUT2D eigenvalue weighted by molar-refractivity contribution is 0.121. The fourth-order valence-corrected chi connectivity index (χ4v) is 1.98. The van der Waals surface area contributed by atoms with Gasteiger partial charge in [0.2, 0.25) is 0 Å². The van der Waals surface area contributed by atoms with Gasteiger partial charge in [0.15, 0.2) is 0 Å². The van der Waals surface area contributed by atoms with Crippen LogP contribution in [0.25, 0.3) is 11.5 Å². The fourth-order valence-electron chi connectivity index (χ4n) is 1.98. The molecule has 0 bridgehead atoms. The smallest absolute Gasteiger partial charge is 0.266 e. The quantitative estimate of drug-likeness (QED) is 0.824. The molecule has 3 rings (SSSR count). The lowest BCUT2D eigenvalue weighted by Gasteiger charge is -2.24. The minimum Gasteiger partial charge on any atom is -0.398 e. The van der Waals surface area contributed by atoms with Gasteiger partial charge in [-0.05, 0) is 17.3 Å². The Bertz CT molecular complexity index is 561. The van der Waals surface area contributed by atoms with Gasteiger partial charge in [-0.1, -0.05) is 6.07 Å². The summed E-state index contributed by atoms with van der Waals surface area (Å²) in [6, 6.07) is 4.44. The van der Waals surface area contributed by atoms with Gasteiger partial charge in [0.25, 0.3) is 11.8 Å². The first-order chi connectivity index (χ1) is 9.25. The summed E-state index contributed by atoms with van der Waals surface area (Å²) in [5, 5.41) is 3.86. The molecular weight excluding hydrogens is 251 g/mol. The first-order valence-electron chi connectivity index (χ1n) is 5.96. The topological polar surface area (TPSA) is 77.4 Å². The van der Waals surface area contributed by atoms with Crippen LogP contribution in [0, 0.1) is 5.82 Å². The van der Waals surface area contributed by atoms with Crippen molar-refractivity contribution in [2.45, 2.75) is 0 Å². The van der Waals surface area contributed by atoms with Gasteiger partial charge in [0.1, 0.15) is 5.82 Å². The van der Waals surface area contributed by atoms with Crippen LogP contribution in [0.5, 0.6) is 0 Å². The van der Waals surface area contributed by atoms with E-state index in [9.17, 15) is 4.39 Å². The van der Waals surface area contributed by atoms with Crippen LogP contribution in [0.1, 0.15) is 0 Å². The van der Waals surface area contributed by atoms with Gasteiger partial charge in [-0.2, -0.15) is 4.98 Å². The zero-order valence-electron chi connectivity index (χ0n) is 10.2. The van der Waals surface area contributed by atoms with Crippen LogP contribution in [0.15, 0.2) is 22.7 Å². The number of halogens is 1. The largest absolute Gasteiger partial charge is 0.398 e. The van der Waals surface area contributed by atoms with E-state index in [4.69, 9.17) is 15.0 Å². The maximum Gasteiger partial charge on any atom is 0.266 e. The lowest BCUT2D eigenvalue weighted by Crippen LogP contribution is -2.36. The number of anilines is 2. The second kappa shape index (κ2) is 4.85. The summed E-state index contributed by atoms with van der Waals surface area (Å²) in [6.45, 7) is 2.61. The molecule has 19 heavy (non-hydrogen) atoms. The molecule has 6 nitrogen and oxygen atoms in total. The van der Waals surface area contributed by atoms with Crippen molar-refractivity contribution in [1.82, 2.24) is 10.1 Å². The Morgan fingerprint density at radius 1 is 1.26 bits per heavy atom. The third-order valence-corrected chi connectivity index (χ3v) is 2.97. The van der Waals surface area contributed by atoms with E-state index in [1.165, 1.54) is 12.1 Å². The van der Waals surface area contributed by atoms with E-state index in [1.807, 2.05) is 4.90 Å². The summed E-state index contributed by atoms with van der Waals surface area (Å²) >= 11 is 0. The maximum atomic E-state index is 13.7. The molecule has 1 saturated heterocycles.